The summed E-state index contributed by atoms with van der Waals surface area (Å²) in [7, 11) is 0. The van der Waals surface area contributed by atoms with Crippen LogP contribution in [0.3, 0.4) is 0 Å². The topological polar surface area (TPSA) is 28.7 Å². The van der Waals surface area contributed by atoms with Gasteiger partial charge < -0.3 is 4.98 Å². The van der Waals surface area contributed by atoms with Gasteiger partial charge in [-0.05, 0) is 19.1 Å². The van der Waals surface area contributed by atoms with Gasteiger partial charge in [0.15, 0.2) is 0 Å². The molecule has 1 heterocycles. The maximum Gasteiger partial charge on any atom is 0.122 e. The Kier molecular flexibility index (Phi) is 3.29. The number of aryl methyl sites for hydroxylation is 1. The van der Waals surface area contributed by atoms with Gasteiger partial charge >= 0.3 is 0 Å². The Hall–Kier alpha value is -1.22. The number of aromatic amines is 1. The van der Waals surface area contributed by atoms with Gasteiger partial charge in [0, 0.05) is 10.3 Å². The van der Waals surface area contributed by atoms with Crippen LogP contribution in [0, 0.1) is 6.92 Å². The maximum atomic E-state index is 4.41. The first-order chi connectivity index (χ1) is 7.97. The lowest BCUT2D eigenvalue weighted by Crippen LogP contribution is -2.12. The van der Waals surface area contributed by atoms with Crippen molar-refractivity contribution < 1.29 is 0 Å². The van der Waals surface area contributed by atoms with Crippen molar-refractivity contribution in [1.29, 1.82) is 0 Å². The summed E-state index contributed by atoms with van der Waals surface area (Å²) >= 11 is 1.71. The van der Waals surface area contributed by atoms with Crippen LogP contribution >= 0.6 is 11.8 Å². The molecule has 0 aliphatic heterocycles. The highest BCUT2D eigenvalue weighted by Crippen LogP contribution is 2.33. The van der Waals surface area contributed by atoms with Gasteiger partial charge in [0.05, 0.1) is 12.0 Å². The largest absolute Gasteiger partial charge is 0.347 e. The lowest BCUT2D eigenvalue weighted by Gasteiger charge is -2.17. The van der Waals surface area contributed by atoms with Crippen molar-refractivity contribution in [3.05, 3.63) is 41.9 Å². The molecule has 0 bridgehead atoms. The number of aromatic nitrogens is 2. The van der Waals surface area contributed by atoms with Gasteiger partial charge in [-0.2, -0.15) is 0 Å². The van der Waals surface area contributed by atoms with Crippen LogP contribution in [-0.2, 0) is 5.41 Å². The van der Waals surface area contributed by atoms with Crippen LogP contribution in [0.5, 0.6) is 0 Å². The van der Waals surface area contributed by atoms with Crippen LogP contribution in [0.4, 0.5) is 0 Å². The fourth-order valence-corrected chi connectivity index (χ4v) is 2.68. The van der Waals surface area contributed by atoms with Crippen molar-refractivity contribution in [2.75, 3.05) is 0 Å². The average Bonchev–Trinajstić information content (AvgIpc) is 2.69. The van der Waals surface area contributed by atoms with E-state index in [-0.39, 0.29) is 5.41 Å². The molecule has 2 aromatic rings. The predicted octanol–water partition coefficient (Wildman–Crippen LogP) is 4.17. The fraction of sp³-hybridized carbons (Fsp3) is 0.357. The number of nitrogens with zero attached hydrogens (tertiary/aromatic N) is 1. The molecular formula is C14H18N2S. The maximum absolute atomic E-state index is 4.41. The van der Waals surface area contributed by atoms with E-state index in [0.29, 0.717) is 0 Å². The Morgan fingerprint density at radius 3 is 2.35 bits per heavy atom. The number of benzene rings is 1. The first kappa shape index (κ1) is 12.2. The molecule has 0 saturated heterocycles. The second kappa shape index (κ2) is 4.57. The summed E-state index contributed by atoms with van der Waals surface area (Å²) < 4.78 is 0. The van der Waals surface area contributed by atoms with Gasteiger partial charge in [-0.15, -0.1) is 0 Å². The molecule has 3 heteroatoms. The van der Waals surface area contributed by atoms with E-state index < -0.39 is 0 Å². The van der Waals surface area contributed by atoms with E-state index in [1.165, 1.54) is 16.2 Å². The van der Waals surface area contributed by atoms with Gasteiger partial charge in [-0.1, -0.05) is 50.2 Å². The summed E-state index contributed by atoms with van der Waals surface area (Å²) in [6.45, 7) is 8.68. The van der Waals surface area contributed by atoms with Crippen molar-refractivity contribution in [3.8, 4) is 0 Å². The molecule has 0 atom stereocenters. The standard InChI is InChI=1S/C14H18N2S/c1-10-5-7-11(8-6-10)17-13-12(14(2,3)4)15-9-16-13/h5-9H,1-4H3,(H,15,16). The van der Waals surface area contributed by atoms with Crippen molar-refractivity contribution in [3.63, 3.8) is 0 Å². The van der Waals surface area contributed by atoms with E-state index in [9.17, 15) is 0 Å². The van der Waals surface area contributed by atoms with Crippen LogP contribution in [0.25, 0.3) is 0 Å². The van der Waals surface area contributed by atoms with Crippen LogP contribution in [0.1, 0.15) is 32.0 Å². The van der Waals surface area contributed by atoms with Crippen molar-refractivity contribution in [2.24, 2.45) is 0 Å². The number of H-pyrrole nitrogens is 1. The van der Waals surface area contributed by atoms with Crippen LogP contribution in [0.2, 0.25) is 0 Å². The lowest BCUT2D eigenvalue weighted by molar-refractivity contribution is 0.559. The molecule has 2 nitrogen and oxygen atoms in total. The van der Waals surface area contributed by atoms with Crippen molar-refractivity contribution in [1.82, 2.24) is 9.97 Å². The van der Waals surface area contributed by atoms with E-state index in [0.717, 1.165) is 5.03 Å². The summed E-state index contributed by atoms with van der Waals surface area (Å²) in [5.74, 6) is 0. The van der Waals surface area contributed by atoms with E-state index in [1.54, 1.807) is 18.1 Å². The minimum Gasteiger partial charge on any atom is -0.347 e. The molecular weight excluding hydrogens is 228 g/mol. The SMILES string of the molecule is Cc1ccc(Sc2nc[nH]c2C(C)(C)C)cc1. The highest BCUT2D eigenvalue weighted by Gasteiger charge is 2.20. The van der Waals surface area contributed by atoms with Crippen LogP contribution in [-0.4, -0.2) is 9.97 Å². The number of hydrogen-bond donors (Lipinski definition) is 1. The van der Waals surface area contributed by atoms with E-state index >= 15 is 0 Å². The number of nitrogens with one attached hydrogen (secondary N) is 1. The molecule has 0 amide bonds. The molecule has 2 rings (SSSR count). The summed E-state index contributed by atoms with van der Waals surface area (Å²) in [5, 5.41) is 1.07. The first-order valence-corrected chi connectivity index (χ1v) is 6.57. The number of imidazole rings is 1. The predicted molar refractivity (Wildman–Crippen MR) is 72.6 cm³/mol. The molecule has 1 aromatic carbocycles. The molecule has 0 unspecified atom stereocenters. The highest BCUT2D eigenvalue weighted by atomic mass is 32.2. The summed E-state index contributed by atoms with van der Waals surface area (Å²) in [5.41, 5.74) is 2.58. The second-order valence-corrected chi connectivity index (χ2v) is 6.31. The molecule has 1 aromatic heterocycles. The van der Waals surface area contributed by atoms with Crippen molar-refractivity contribution in [2.45, 2.75) is 43.0 Å². The number of rotatable bonds is 2. The zero-order valence-corrected chi connectivity index (χ0v) is 11.6. The average molecular weight is 246 g/mol. The number of hydrogen-bond acceptors (Lipinski definition) is 2. The normalized spacial score (nSPS) is 11.8. The molecule has 90 valence electrons. The fourth-order valence-electron chi connectivity index (χ4n) is 1.61. The molecule has 0 aliphatic rings. The molecule has 0 aliphatic carbocycles. The monoisotopic (exact) mass is 246 g/mol. The minimum absolute atomic E-state index is 0.101. The van der Waals surface area contributed by atoms with Crippen LogP contribution < -0.4 is 0 Å². The molecule has 0 saturated carbocycles. The van der Waals surface area contributed by atoms with Gasteiger partial charge in [0.2, 0.25) is 0 Å². The Labute approximate surface area is 107 Å². The van der Waals surface area contributed by atoms with Crippen LogP contribution in [0.15, 0.2) is 40.5 Å². The van der Waals surface area contributed by atoms with Gasteiger partial charge in [-0.3, -0.25) is 0 Å². The molecule has 17 heavy (non-hydrogen) atoms. The summed E-state index contributed by atoms with van der Waals surface area (Å²) in [4.78, 5) is 8.88. The Bertz CT molecular complexity index is 492. The smallest absolute Gasteiger partial charge is 0.122 e. The Morgan fingerprint density at radius 2 is 1.76 bits per heavy atom. The zero-order chi connectivity index (χ0) is 12.5. The minimum atomic E-state index is 0.101. The highest BCUT2D eigenvalue weighted by molar-refractivity contribution is 7.99. The third-order valence-corrected chi connectivity index (χ3v) is 3.60. The Balaban J connectivity index is 2.25. The third-order valence-electron chi connectivity index (χ3n) is 2.59. The van der Waals surface area contributed by atoms with Crippen molar-refractivity contribution >= 4 is 11.8 Å². The zero-order valence-electron chi connectivity index (χ0n) is 10.7. The Morgan fingerprint density at radius 1 is 1.12 bits per heavy atom. The lowest BCUT2D eigenvalue weighted by atomic mass is 9.93. The quantitative estimate of drug-likeness (QED) is 0.861. The molecule has 0 radical (unpaired) electrons. The summed E-state index contributed by atoms with van der Waals surface area (Å²) in [6, 6.07) is 8.54. The van der Waals surface area contributed by atoms with E-state index in [1.807, 2.05) is 0 Å². The molecule has 1 N–H and O–H groups in total. The van der Waals surface area contributed by atoms with Gasteiger partial charge in [-0.25, -0.2) is 4.98 Å². The second-order valence-electron chi connectivity index (χ2n) is 5.25. The first-order valence-electron chi connectivity index (χ1n) is 5.75. The van der Waals surface area contributed by atoms with E-state index in [4.69, 9.17) is 0 Å². The third kappa shape index (κ3) is 2.91. The van der Waals surface area contributed by atoms with E-state index in [2.05, 4.69) is 61.9 Å². The molecule has 0 spiro atoms. The summed E-state index contributed by atoms with van der Waals surface area (Å²) in [6.07, 6.45) is 1.77. The van der Waals surface area contributed by atoms with Gasteiger partial charge in [0.1, 0.15) is 5.03 Å². The van der Waals surface area contributed by atoms with Gasteiger partial charge in [0.25, 0.3) is 0 Å². The molecule has 0 fully saturated rings.